The lowest BCUT2D eigenvalue weighted by molar-refractivity contribution is 0.414. The van der Waals surface area contributed by atoms with E-state index in [2.05, 4.69) is 36.7 Å². The number of hydrogen-bond donors (Lipinski definition) is 0. The van der Waals surface area contributed by atoms with Crippen LogP contribution in [-0.4, -0.2) is 0 Å². The number of rotatable bonds is 3. The van der Waals surface area contributed by atoms with E-state index in [1.165, 1.54) is 0 Å². The SMILES string of the molecule is CC(C)C(C)C(Br)c1ccc(Cl)cc1Cl. The lowest BCUT2D eigenvalue weighted by Gasteiger charge is -2.23. The third-order valence-electron chi connectivity index (χ3n) is 2.77. The van der Waals surface area contributed by atoms with Gasteiger partial charge in [0.15, 0.2) is 0 Å². The summed E-state index contributed by atoms with van der Waals surface area (Å²) in [6, 6.07) is 5.66. The molecule has 0 aliphatic heterocycles. The van der Waals surface area contributed by atoms with E-state index < -0.39 is 0 Å². The standard InChI is InChI=1S/C12H15BrCl2/c1-7(2)8(3)12(13)10-5-4-9(14)6-11(10)15/h4-8,12H,1-3H3. The predicted molar refractivity (Wildman–Crippen MR) is 72.1 cm³/mol. The van der Waals surface area contributed by atoms with Crippen LogP contribution in [0.15, 0.2) is 18.2 Å². The van der Waals surface area contributed by atoms with Crippen LogP contribution in [0.4, 0.5) is 0 Å². The van der Waals surface area contributed by atoms with E-state index in [0.29, 0.717) is 16.9 Å². The second-order valence-corrected chi connectivity index (χ2v) is 6.00. The zero-order valence-electron chi connectivity index (χ0n) is 9.10. The third-order valence-corrected chi connectivity index (χ3v) is 4.66. The van der Waals surface area contributed by atoms with Crippen LogP contribution < -0.4 is 0 Å². The van der Waals surface area contributed by atoms with Gasteiger partial charge in [-0.2, -0.15) is 0 Å². The average molecular weight is 310 g/mol. The largest absolute Gasteiger partial charge is 0.0843 e. The van der Waals surface area contributed by atoms with Gasteiger partial charge in [-0.25, -0.2) is 0 Å². The number of halogens is 3. The Morgan fingerprint density at radius 3 is 2.20 bits per heavy atom. The molecule has 0 aliphatic rings. The molecule has 0 bridgehead atoms. The molecule has 0 spiro atoms. The summed E-state index contributed by atoms with van der Waals surface area (Å²) >= 11 is 15.7. The van der Waals surface area contributed by atoms with Crippen LogP contribution in [0.5, 0.6) is 0 Å². The Kier molecular flexibility index (Phi) is 4.95. The molecule has 1 aromatic rings. The van der Waals surface area contributed by atoms with E-state index in [-0.39, 0.29) is 4.83 Å². The average Bonchev–Trinajstić information content (AvgIpc) is 2.15. The van der Waals surface area contributed by atoms with Gasteiger partial charge in [0.1, 0.15) is 0 Å². The molecule has 1 aromatic carbocycles. The van der Waals surface area contributed by atoms with E-state index in [1.807, 2.05) is 12.1 Å². The molecular weight excluding hydrogens is 295 g/mol. The molecule has 1 rings (SSSR count). The van der Waals surface area contributed by atoms with Gasteiger partial charge < -0.3 is 0 Å². The fourth-order valence-electron chi connectivity index (χ4n) is 1.35. The number of benzene rings is 1. The summed E-state index contributed by atoms with van der Waals surface area (Å²) in [6.45, 7) is 6.64. The first-order chi connectivity index (χ1) is 6.93. The van der Waals surface area contributed by atoms with Crippen molar-refractivity contribution in [1.82, 2.24) is 0 Å². The monoisotopic (exact) mass is 308 g/mol. The molecule has 0 fully saturated rings. The van der Waals surface area contributed by atoms with Gasteiger partial charge in [0, 0.05) is 14.9 Å². The van der Waals surface area contributed by atoms with Crippen molar-refractivity contribution in [3.63, 3.8) is 0 Å². The second kappa shape index (κ2) is 5.56. The Morgan fingerprint density at radius 1 is 1.13 bits per heavy atom. The highest BCUT2D eigenvalue weighted by molar-refractivity contribution is 9.09. The molecule has 0 N–H and O–H groups in total. The van der Waals surface area contributed by atoms with Crippen LogP contribution in [0.25, 0.3) is 0 Å². The summed E-state index contributed by atoms with van der Waals surface area (Å²) < 4.78 is 0. The summed E-state index contributed by atoms with van der Waals surface area (Å²) in [7, 11) is 0. The molecule has 0 saturated heterocycles. The van der Waals surface area contributed by atoms with Crippen molar-refractivity contribution in [1.29, 1.82) is 0 Å². The van der Waals surface area contributed by atoms with Gasteiger partial charge in [0.2, 0.25) is 0 Å². The second-order valence-electron chi connectivity index (χ2n) is 4.17. The normalized spacial score (nSPS) is 15.4. The molecule has 15 heavy (non-hydrogen) atoms. The maximum absolute atomic E-state index is 6.16. The van der Waals surface area contributed by atoms with Crippen molar-refractivity contribution < 1.29 is 0 Å². The first kappa shape index (κ1) is 13.3. The van der Waals surface area contributed by atoms with E-state index in [1.54, 1.807) is 6.07 Å². The predicted octanol–water partition coefficient (Wildman–Crippen LogP) is 5.72. The molecule has 2 atom stereocenters. The molecule has 0 nitrogen and oxygen atoms in total. The Labute approximate surface area is 110 Å². The van der Waals surface area contributed by atoms with Gasteiger partial charge >= 0.3 is 0 Å². The van der Waals surface area contributed by atoms with E-state index in [0.717, 1.165) is 10.6 Å². The first-order valence-corrected chi connectivity index (χ1v) is 6.69. The molecule has 84 valence electrons. The van der Waals surface area contributed by atoms with E-state index >= 15 is 0 Å². The summed E-state index contributed by atoms with van der Waals surface area (Å²) in [6.07, 6.45) is 0. The lowest BCUT2D eigenvalue weighted by atomic mass is 9.91. The van der Waals surface area contributed by atoms with Crippen molar-refractivity contribution in [3.8, 4) is 0 Å². The smallest absolute Gasteiger partial charge is 0.0464 e. The summed E-state index contributed by atoms with van der Waals surface area (Å²) in [5.41, 5.74) is 1.11. The molecule has 2 unspecified atom stereocenters. The van der Waals surface area contributed by atoms with Gasteiger partial charge in [0.05, 0.1) is 0 Å². The minimum absolute atomic E-state index is 0.280. The fraction of sp³-hybridized carbons (Fsp3) is 0.500. The Morgan fingerprint density at radius 2 is 1.73 bits per heavy atom. The highest BCUT2D eigenvalue weighted by Crippen LogP contribution is 2.39. The van der Waals surface area contributed by atoms with Gasteiger partial charge in [-0.3, -0.25) is 0 Å². The molecular formula is C12H15BrCl2. The van der Waals surface area contributed by atoms with Crippen LogP contribution in [0.2, 0.25) is 10.0 Å². The Hall–Kier alpha value is 0.280. The van der Waals surface area contributed by atoms with E-state index in [4.69, 9.17) is 23.2 Å². The highest BCUT2D eigenvalue weighted by atomic mass is 79.9. The Bertz CT molecular complexity index is 336. The zero-order chi connectivity index (χ0) is 11.6. The molecule has 0 radical (unpaired) electrons. The molecule has 3 heteroatoms. The van der Waals surface area contributed by atoms with Crippen molar-refractivity contribution in [2.75, 3.05) is 0 Å². The van der Waals surface area contributed by atoms with Crippen LogP contribution in [-0.2, 0) is 0 Å². The molecule has 0 saturated carbocycles. The molecule has 0 aromatic heterocycles. The minimum atomic E-state index is 0.280. The molecule has 0 heterocycles. The van der Waals surface area contributed by atoms with Gasteiger partial charge in [-0.05, 0) is 29.5 Å². The maximum Gasteiger partial charge on any atom is 0.0464 e. The summed E-state index contributed by atoms with van der Waals surface area (Å²) in [5, 5.41) is 1.41. The molecule has 0 amide bonds. The van der Waals surface area contributed by atoms with Crippen LogP contribution in [0.1, 0.15) is 31.2 Å². The van der Waals surface area contributed by atoms with Crippen LogP contribution in [0, 0.1) is 11.8 Å². The van der Waals surface area contributed by atoms with Crippen molar-refractivity contribution in [2.24, 2.45) is 11.8 Å². The number of alkyl halides is 1. The fourth-order valence-corrected chi connectivity index (χ4v) is 3.01. The minimum Gasteiger partial charge on any atom is -0.0843 e. The molecule has 0 aliphatic carbocycles. The quantitative estimate of drug-likeness (QED) is 0.626. The topological polar surface area (TPSA) is 0 Å². The first-order valence-electron chi connectivity index (χ1n) is 5.02. The van der Waals surface area contributed by atoms with Crippen molar-refractivity contribution in [3.05, 3.63) is 33.8 Å². The van der Waals surface area contributed by atoms with E-state index in [9.17, 15) is 0 Å². The van der Waals surface area contributed by atoms with Crippen molar-refractivity contribution in [2.45, 2.75) is 25.6 Å². The third kappa shape index (κ3) is 3.37. The van der Waals surface area contributed by atoms with Crippen LogP contribution in [0.3, 0.4) is 0 Å². The van der Waals surface area contributed by atoms with Crippen molar-refractivity contribution >= 4 is 39.1 Å². The zero-order valence-corrected chi connectivity index (χ0v) is 12.2. The van der Waals surface area contributed by atoms with Crippen LogP contribution >= 0.6 is 39.1 Å². The highest BCUT2D eigenvalue weighted by Gasteiger charge is 2.21. The maximum atomic E-state index is 6.16. The number of hydrogen-bond acceptors (Lipinski definition) is 0. The summed E-state index contributed by atoms with van der Waals surface area (Å²) in [4.78, 5) is 0.280. The Balaban J connectivity index is 2.96. The summed E-state index contributed by atoms with van der Waals surface area (Å²) in [5.74, 6) is 1.14. The van der Waals surface area contributed by atoms with Gasteiger partial charge in [-0.1, -0.05) is 66.0 Å². The van der Waals surface area contributed by atoms with Gasteiger partial charge in [0.25, 0.3) is 0 Å². The van der Waals surface area contributed by atoms with Gasteiger partial charge in [-0.15, -0.1) is 0 Å². The lowest BCUT2D eigenvalue weighted by Crippen LogP contribution is -2.10.